The summed E-state index contributed by atoms with van der Waals surface area (Å²) >= 11 is 1.72. The summed E-state index contributed by atoms with van der Waals surface area (Å²) in [4.78, 5) is 5.49. The average Bonchev–Trinajstić information content (AvgIpc) is 3.08. The van der Waals surface area contributed by atoms with Gasteiger partial charge in [-0.3, -0.25) is 4.99 Å². The first-order valence-electron chi connectivity index (χ1n) is 7.49. The van der Waals surface area contributed by atoms with E-state index in [0.717, 1.165) is 24.0 Å². The molecule has 1 heterocycles. The van der Waals surface area contributed by atoms with E-state index in [0.29, 0.717) is 6.54 Å². The molecular formula is C17H24IN3O2S. The summed E-state index contributed by atoms with van der Waals surface area (Å²) in [6, 6.07) is 11.7. The summed E-state index contributed by atoms with van der Waals surface area (Å²) in [6.07, 6.45) is 0.00222. The number of methoxy groups -OCH3 is 1. The number of halogens is 1. The number of aliphatic imine (C=N–C) groups is 1. The lowest BCUT2D eigenvalue weighted by molar-refractivity contribution is 0.223. The number of rotatable bonds is 7. The van der Waals surface area contributed by atoms with Gasteiger partial charge in [0.2, 0.25) is 0 Å². The van der Waals surface area contributed by atoms with Gasteiger partial charge in [-0.1, -0.05) is 12.1 Å². The van der Waals surface area contributed by atoms with Crippen molar-refractivity contribution in [3.05, 3.63) is 46.7 Å². The highest BCUT2D eigenvalue weighted by Gasteiger charge is 2.06. The summed E-state index contributed by atoms with van der Waals surface area (Å²) in [5.74, 6) is 2.34. The molecule has 0 saturated heterocycles. The minimum atomic E-state index is 0. The molecular weight excluding hydrogens is 437 g/mol. The largest absolute Gasteiger partial charge is 0.497 e. The van der Waals surface area contributed by atoms with Gasteiger partial charge in [0.1, 0.15) is 17.6 Å². The van der Waals surface area contributed by atoms with Crippen LogP contribution in [0.3, 0.4) is 0 Å². The number of nitrogens with zero attached hydrogens (tertiary/aromatic N) is 1. The molecule has 0 saturated carbocycles. The minimum absolute atomic E-state index is 0. The maximum absolute atomic E-state index is 5.88. The van der Waals surface area contributed by atoms with Crippen molar-refractivity contribution in [2.75, 3.05) is 20.7 Å². The third-order valence-corrected chi connectivity index (χ3v) is 4.05. The van der Waals surface area contributed by atoms with Crippen LogP contribution in [0.25, 0.3) is 0 Å². The normalized spacial score (nSPS) is 12.0. The lowest BCUT2D eigenvalue weighted by Gasteiger charge is -2.18. The monoisotopic (exact) mass is 461 g/mol. The maximum atomic E-state index is 5.88. The molecule has 1 aromatic carbocycles. The van der Waals surface area contributed by atoms with Gasteiger partial charge in [-0.2, -0.15) is 0 Å². The van der Waals surface area contributed by atoms with Crippen molar-refractivity contribution in [1.29, 1.82) is 0 Å². The van der Waals surface area contributed by atoms with Crippen LogP contribution >= 0.6 is 35.3 Å². The molecule has 1 atom stereocenters. The third kappa shape index (κ3) is 6.96. The van der Waals surface area contributed by atoms with E-state index in [1.54, 1.807) is 25.5 Å². The second-order valence-corrected chi connectivity index (χ2v) is 6.03. The summed E-state index contributed by atoms with van der Waals surface area (Å²) < 4.78 is 11.1. The number of hydrogen-bond acceptors (Lipinski definition) is 4. The minimum Gasteiger partial charge on any atom is -0.497 e. The fraction of sp³-hybridized carbons (Fsp3) is 0.353. The van der Waals surface area contributed by atoms with Crippen molar-refractivity contribution in [1.82, 2.24) is 10.6 Å². The van der Waals surface area contributed by atoms with E-state index in [2.05, 4.69) is 27.1 Å². The Morgan fingerprint density at radius 2 is 2.00 bits per heavy atom. The van der Waals surface area contributed by atoms with E-state index in [-0.39, 0.29) is 30.1 Å². The summed E-state index contributed by atoms with van der Waals surface area (Å²) in [7, 11) is 3.41. The van der Waals surface area contributed by atoms with Crippen LogP contribution in [0, 0.1) is 0 Å². The Kier molecular flexibility index (Phi) is 9.55. The fourth-order valence-electron chi connectivity index (χ4n) is 1.99. The van der Waals surface area contributed by atoms with Gasteiger partial charge in [-0.05, 0) is 30.5 Å². The molecule has 0 amide bonds. The van der Waals surface area contributed by atoms with Gasteiger partial charge >= 0.3 is 0 Å². The Morgan fingerprint density at radius 1 is 1.21 bits per heavy atom. The van der Waals surface area contributed by atoms with Crippen LogP contribution in [0.1, 0.15) is 11.8 Å². The summed E-state index contributed by atoms with van der Waals surface area (Å²) in [6.45, 7) is 3.43. The molecule has 24 heavy (non-hydrogen) atoms. The lowest BCUT2D eigenvalue weighted by atomic mass is 10.3. The highest BCUT2D eigenvalue weighted by atomic mass is 127. The topological polar surface area (TPSA) is 54.9 Å². The first kappa shape index (κ1) is 20.6. The Balaban J connectivity index is 0.00000288. The molecule has 2 rings (SSSR count). The van der Waals surface area contributed by atoms with E-state index in [1.807, 2.05) is 37.3 Å². The first-order chi connectivity index (χ1) is 11.2. The Labute approximate surface area is 164 Å². The fourth-order valence-corrected chi connectivity index (χ4v) is 2.64. The molecule has 2 N–H and O–H groups in total. The van der Waals surface area contributed by atoms with Crippen molar-refractivity contribution in [2.45, 2.75) is 19.6 Å². The second-order valence-electron chi connectivity index (χ2n) is 4.99. The van der Waals surface area contributed by atoms with Crippen LogP contribution in [0.4, 0.5) is 0 Å². The van der Waals surface area contributed by atoms with Gasteiger partial charge < -0.3 is 20.1 Å². The zero-order valence-corrected chi connectivity index (χ0v) is 17.3. The molecule has 1 unspecified atom stereocenters. The lowest BCUT2D eigenvalue weighted by Crippen LogP contribution is -2.41. The van der Waals surface area contributed by atoms with E-state index in [1.165, 1.54) is 4.88 Å². The molecule has 0 spiro atoms. The Morgan fingerprint density at radius 3 is 2.67 bits per heavy atom. The Bertz CT molecular complexity index is 620. The van der Waals surface area contributed by atoms with E-state index < -0.39 is 0 Å². The van der Waals surface area contributed by atoms with Crippen LogP contribution in [-0.4, -0.2) is 32.8 Å². The van der Waals surface area contributed by atoms with Crippen LogP contribution in [0.15, 0.2) is 46.8 Å². The molecule has 5 nitrogen and oxygen atoms in total. The van der Waals surface area contributed by atoms with Gasteiger partial charge in [0, 0.05) is 18.0 Å². The second kappa shape index (κ2) is 11.1. The number of ether oxygens (including phenoxy) is 2. The quantitative estimate of drug-likeness (QED) is 0.377. The average molecular weight is 461 g/mol. The van der Waals surface area contributed by atoms with Gasteiger partial charge in [0.25, 0.3) is 0 Å². The SMILES string of the molecule is CN=C(NCc1cccs1)NCC(C)Oc1cccc(OC)c1.I. The molecule has 132 valence electrons. The zero-order chi connectivity index (χ0) is 16.5. The molecule has 0 bridgehead atoms. The van der Waals surface area contributed by atoms with Crippen molar-refractivity contribution in [2.24, 2.45) is 4.99 Å². The van der Waals surface area contributed by atoms with E-state index in [9.17, 15) is 0 Å². The predicted molar refractivity (Wildman–Crippen MR) is 111 cm³/mol. The van der Waals surface area contributed by atoms with Crippen LogP contribution in [0.5, 0.6) is 11.5 Å². The van der Waals surface area contributed by atoms with Crippen molar-refractivity contribution in [3.63, 3.8) is 0 Å². The summed E-state index contributed by atoms with van der Waals surface area (Å²) in [5, 5.41) is 8.62. The highest BCUT2D eigenvalue weighted by Crippen LogP contribution is 2.19. The molecule has 0 fully saturated rings. The molecule has 0 aliphatic carbocycles. The number of guanidine groups is 1. The third-order valence-electron chi connectivity index (χ3n) is 3.17. The summed E-state index contributed by atoms with van der Waals surface area (Å²) in [5.41, 5.74) is 0. The number of hydrogen-bond donors (Lipinski definition) is 2. The van der Waals surface area contributed by atoms with E-state index >= 15 is 0 Å². The molecule has 0 radical (unpaired) electrons. The smallest absolute Gasteiger partial charge is 0.191 e. The van der Waals surface area contributed by atoms with E-state index in [4.69, 9.17) is 9.47 Å². The first-order valence-corrected chi connectivity index (χ1v) is 8.37. The predicted octanol–water partition coefficient (Wildman–Crippen LogP) is 3.51. The molecule has 0 aliphatic rings. The van der Waals surface area contributed by atoms with Gasteiger partial charge in [-0.15, -0.1) is 35.3 Å². The van der Waals surface area contributed by atoms with Crippen LogP contribution in [0.2, 0.25) is 0 Å². The van der Waals surface area contributed by atoms with Crippen molar-refractivity contribution in [3.8, 4) is 11.5 Å². The van der Waals surface area contributed by atoms with Gasteiger partial charge in [0.15, 0.2) is 5.96 Å². The zero-order valence-electron chi connectivity index (χ0n) is 14.1. The maximum Gasteiger partial charge on any atom is 0.191 e. The standard InChI is InChI=1S/C17H23N3O2S.HI/c1-13(22-15-7-4-6-14(10-15)21-3)11-19-17(18-2)20-12-16-8-5-9-23-16;/h4-10,13H,11-12H2,1-3H3,(H2,18,19,20);1H. The van der Waals surface area contributed by atoms with Crippen LogP contribution < -0.4 is 20.1 Å². The highest BCUT2D eigenvalue weighted by molar-refractivity contribution is 14.0. The van der Waals surface area contributed by atoms with Gasteiger partial charge in [-0.25, -0.2) is 0 Å². The molecule has 2 aromatic rings. The molecule has 1 aromatic heterocycles. The van der Waals surface area contributed by atoms with Gasteiger partial charge in [0.05, 0.1) is 20.2 Å². The van der Waals surface area contributed by atoms with Crippen molar-refractivity contribution < 1.29 is 9.47 Å². The number of benzene rings is 1. The molecule has 0 aliphatic heterocycles. The van der Waals surface area contributed by atoms with Crippen LogP contribution in [-0.2, 0) is 6.54 Å². The molecule has 7 heteroatoms. The number of nitrogens with one attached hydrogen (secondary N) is 2. The van der Waals surface area contributed by atoms with Crippen molar-refractivity contribution >= 4 is 41.3 Å². The number of thiophene rings is 1. The Hall–Kier alpha value is -1.48.